The predicted octanol–water partition coefficient (Wildman–Crippen LogP) is 5.89. The van der Waals surface area contributed by atoms with Gasteiger partial charge in [-0.2, -0.15) is 0 Å². The van der Waals surface area contributed by atoms with Crippen LogP contribution in [0.4, 0.5) is 5.69 Å². The highest BCUT2D eigenvalue weighted by atomic mass is 32.1. The van der Waals surface area contributed by atoms with Crippen LogP contribution in [0.25, 0.3) is 5.57 Å². The van der Waals surface area contributed by atoms with E-state index in [2.05, 4.69) is 90.4 Å². The van der Waals surface area contributed by atoms with Crippen LogP contribution in [0, 0.1) is 0 Å². The van der Waals surface area contributed by atoms with Gasteiger partial charge in [-0.15, -0.1) is 0 Å². The van der Waals surface area contributed by atoms with Crippen molar-refractivity contribution in [3.63, 3.8) is 0 Å². The van der Waals surface area contributed by atoms with Crippen molar-refractivity contribution in [1.29, 1.82) is 0 Å². The summed E-state index contributed by atoms with van der Waals surface area (Å²) in [6.45, 7) is 7.41. The summed E-state index contributed by atoms with van der Waals surface area (Å²) in [7, 11) is 3.85. The molecule has 1 N–H and O–H groups in total. The molecule has 0 bridgehead atoms. The van der Waals surface area contributed by atoms with E-state index in [0.29, 0.717) is 6.54 Å². The van der Waals surface area contributed by atoms with Crippen LogP contribution >= 0.6 is 12.2 Å². The molecule has 1 aromatic heterocycles. The Morgan fingerprint density at radius 2 is 1.86 bits per heavy atom. The zero-order valence-electron chi connectivity index (χ0n) is 20.9. The van der Waals surface area contributed by atoms with Crippen LogP contribution in [0.5, 0.6) is 5.75 Å². The van der Waals surface area contributed by atoms with Crippen molar-refractivity contribution < 1.29 is 4.74 Å². The van der Waals surface area contributed by atoms with Gasteiger partial charge in [0.25, 0.3) is 0 Å². The molecule has 0 radical (unpaired) electrons. The third-order valence-electron chi connectivity index (χ3n) is 7.29. The van der Waals surface area contributed by atoms with Crippen molar-refractivity contribution in [2.45, 2.75) is 44.9 Å². The molecule has 2 aliphatic heterocycles. The van der Waals surface area contributed by atoms with Gasteiger partial charge in [0, 0.05) is 31.0 Å². The van der Waals surface area contributed by atoms with Gasteiger partial charge in [-0.05, 0) is 86.1 Å². The average Bonchev–Trinajstić information content (AvgIpc) is 3.19. The second kappa shape index (κ2) is 9.00. The third-order valence-corrected chi connectivity index (χ3v) is 7.64. The van der Waals surface area contributed by atoms with Crippen molar-refractivity contribution in [1.82, 2.24) is 15.2 Å². The van der Waals surface area contributed by atoms with E-state index in [1.165, 1.54) is 28.0 Å². The normalized spacial score (nSPS) is 20.8. The molecule has 6 heteroatoms. The fourth-order valence-electron chi connectivity index (χ4n) is 5.23. The van der Waals surface area contributed by atoms with Gasteiger partial charge in [0.1, 0.15) is 5.75 Å². The summed E-state index contributed by atoms with van der Waals surface area (Å²) in [4.78, 5) is 9.32. The highest BCUT2D eigenvalue weighted by Gasteiger charge is 2.40. The SMILES string of the molecule is COc1ccc(CN2C(=S)N[C@@H](c3ccccn3)[C@@H]2c2ccc3c(c2)C(C)=CC(C)(C)N3C)cc1. The maximum absolute atomic E-state index is 5.88. The summed E-state index contributed by atoms with van der Waals surface area (Å²) in [5, 5.41) is 4.31. The molecule has 0 saturated carbocycles. The van der Waals surface area contributed by atoms with Crippen molar-refractivity contribution in [2.75, 3.05) is 19.1 Å². The van der Waals surface area contributed by atoms with Crippen LogP contribution in [-0.2, 0) is 6.54 Å². The molecule has 3 aromatic rings. The molecule has 2 aliphatic rings. The number of nitrogens with one attached hydrogen (secondary N) is 1. The van der Waals surface area contributed by atoms with Crippen molar-refractivity contribution in [3.8, 4) is 5.75 Å². The van der Waals surface area contributed by atoms with Crippen molar-refractivity contribution >= 4 is 28.6 Å². The number of aromatic nitrogens is 1. The van der Waals surface area contributed by atoms with E-state index in [4.69, 9.17) is 17.0 Å². The fraction of sp³-hybridized carbons (Fsp3) is 0.310. The number of thiocarbonyl (C=S) groups is 1. The van der Waals surface area contributed by atoms with Gasteiger partial charge in [-0.1, -0.05) is 30.3 Å². The summed E-state index contributed by atoms with van der Waals surface area (Å²) in [5.74, 6) is 0.850. The number of hydrogen-bond donors (Lipinski definition) is 1. The minimum atomic E-state index is -0.0398. The largest absolute Gasteiger partial charge is 0.497 e. The third kappa shape index (κ3) is 4.27. The van der Waals surface area contributed by atoms with Gasteiger partial charge >= 0.3 is 0 Å². The number of allylic oxidation sites excluding steroid dienone is 1. The Labute approximate surface area is 213 Å². The maximum atomic E-state index is 5.88. The lowest BCUT2D eigenvalue weighted by Crippen LogP contribution is -2.42. The highest BCUT2D eigenvalue weighted by molar-refractivity contribution is 7.80. The molecule has 0 spiro atoms. The summed E-state index contributed by atoms with van der Waals surface area (Å²) < 4.78 is 5.34. The molecule has 0 aliphatic carbocycles. The van der Waals surface area contributed by atoms with E-state index in [1.807, 2.05) is 30.5 Å². The fourth-order valence-corrected chi connectivity index (χ4v) is 5.53. The van der Waals surface area contributed by atoms with E-state index >= 15 is 0 Å². The number of ether oxygens (including phenoxy) is 1. The molecule has 2 aromatic carbocycles. The van der Waals surface area contributed by atoms with Gasteiger partial charge in [0.15, 0.2) is 5.11 Å². The van der Waals surface area contributed by atoms with Crippen molar-refractivity contribution in [3.05, 3.63) is 95.3 Å². The zero-order chi connectivity index (χ0) is 24.7. The van der Waals surface area contributed by atoms with Gasteiger partial charge in [-0.25, -0.2) is 0 Å². The van der Waals surface area contributed by atoms with E-state index in [0.717, 1.165) is 16.6 Å². The number of fused-ring (bicyclic) bond motifs is 1. The number of benzene rings is 2. The zero-order valence-corrected chi connectivity index (χ0v) is 21.8. The maximum Gasteiger partial charge on any atom is 0.170 e. The van der Waals surface area contributed by atoms with Crippen LogP contribution in [0.3, 0.4) is 0 Å². The Bertz CT molecular complexity index is 1270. The molecule has 180 valence electrons. The minimum Gasteiger partial charge on any atom is -0.497 e. The molecule has 0 unspecified atom stereocenters. The molecule has 35 heavy (non-hydrogen) atoms. The molecule has 5 nitrogen and oxygen atoms in total. The molecular formula is C29H32N4OS. The van der Waals surface area contributed by atoms with Crippen LogP contribution in [0.1, 0.15) is 55.2 Å². The first-order chi connectivity index (χ1) is 16.8. The smallest absolute Gasteiger partial charge is 0.170 e. The lowest BCUT2D eigenvalue weighted by atomic mass is 9.86. The number of pyridine rings is 1. The van der Waals surface area contributed by atoms with Crippen LogP contribution in [0.2, 0.25) is 0 Å². The topological polar surface area (TPSA) is 40.6 Å². The highest BCUT2D eigenvalue weighted by Crippen LogP contribution is 2.44. The van der Waals surface area contributed by atoms with Crippen LogP contribution < -0.4 is 15.0 Å². The minimum absolute atomic E-state index is 0.0119. The van der Waals surface area contributed by atoms with Crippen LogP contribution in [0.15, 0.2) is 72.9 Å². The first-order valence-electron chi connectivity index (χ1n) is 12.0. The van der Waals surface area contributed by atoms with Gasteiger partial charge in [0.05, 0.1) is 30.4 Å². The van der Waals surface area contributed by atoms with Gasteiger partial charge < -0.3 is 19.9 Å². The predicted molar refractivity (Wildman–Crippen MR) is 147 cm³/mol. The van der Waals surface area contributed by atoms with E-state index < -0.39 is 0 Å². The Kier molecular flexibility index (Phi) is 6.01. The Balaban J connectivity index is 1.57. The van der Waals surface area contributed by atoms with Gasteiger partial charge in [-0.3, -0.25) is 4.98 Å². The number of nitrogens with zero attached hydrogens (tertiary/aromatic N) is 3. The molecule has 5 rings (SSSR count). The number of rotatable bonds is 5. The Hall–Kier alpha value is -3.38. The van der Waals surface area contributed by atoms with Gasteiger partial charge in [0.2, 0.25) is 0 Å². The summed E-state index contributed by atoms with van der Waals surface area (Å²) in [6, 6.07) is 21.1. The van der Waals surface area contributed by atoms with E-state index in [9.17, 15) is 0 Å². The Morgan fingerprint density at radius 3 is 2.54 bits per heavy atom. The molecule has 1 fully saturated rings. The second-order valence-corrected chi connectivity index (χ2v) is 10.3. The van der Waals surface area contributed by atoms with Crippen molar-refractivity contribution in [2.24, 2.45) is 0 Å². The lowest BCUT2D eigenvalue weighted by molar-refractivity contribution is 0.311. The quantitative estimate of drug-likeness (QED) is 0.455. The van der Waals surface area contributed by atoms with E-state index in [1.54, 1.807) is 7.11 Å². The molecule has 1 saturated heterocycles. The monoisotopic (exact) mass is 484 g/mol. The number of methoxy groups -OCH3 is 1. The molecule has 2 atom stereocenters. The summed E-state index contributed by atoms with van der Waals surface area (Å²) >= 11 is 5.88. The summed E-state index contributed by atoms with van der Waals surface area (Å²) in [6.07, 6.45) is 4.20. The molecular weight excluding hydrogens is 452 g/mol. The second-order valence-electron chi connectivity index (χ2n) is 9.92. The van der Waals surface area contributed by atoms with E-state index in [-0.39, 0.29) is 17.6 Å². The number of hydrogen-bond acceptors (Lipinski definition) is 4. The molecule has 0 amide bonds. The average molecular weight is 485 g/mol. The summed E-state index contributed by atoms with van der Waals surface area (Å²) in [5.41, 5.74) is 7.19. The lowest BCUT2D eigenvalue weighted by Gasteiger charge is -2.41. The number of likely N-dealkylation sites (N-methyl/N-ethyl adjacent to an activating group) is 1. The molecule has 3 heterocycles. The Morgan fingerprint density at radius 1 is 1.09 bits per heavy atom. The first kappa shape index (κ1) is 23.4. The van der Waals surface area contributed by atoms with Crippen LogP contribution in [-0.4, -0.2) is 34.7 Å². The number of anilines is 1. The standard InChI is InChI=1S/C29H32N4OS/c1-19-17-29(2,3)32(4)25-14-11-21(16-23(19)25)27-26(24-8-6-7-15-30-24)31-28(35)33(27)18-20-9-12-22(34-5)13-10-20/h6-17,26-27H,18H2,1-5H3,(H,31,35)/t26-,27-/m0/s1. The first-order valence-corrected chi connectivity index (χ1v) is 12.4.